The molecule has 0 aromatic rings. The fourth-order valence-corrected chi connectivity index (χ4v) is 0.507. The zero-order valence-corrected chi connectivity index (χ0v) is 5.26. The summed E-state index contributed by atoms with van der Waals surface area (Å²) in [5, 5.41) is 20.1. The molecular formula is C2HFN4O5. The first kappa shape index (κ1) is 8.26. The molecule has 0 saturated carbocycles. The number of nitrogens with zero attached hydrogens (tertiary/aromatic N) is 3. The van der Waals surface area contributed by atoms with E-state index in [1.54, 1.807) is 0 Å². The number of nitrogens with one attached hydrogen (secondary N) is 1. The highest BCUT2D eigenvalue weighted by Crippen LogP contribution is 2.18. The van der Waals surface area contributed by atoms with Gasteiger partial charge in [-0.15, -0.1) is 4.84 Å². The smallest absolute Gasteiger partial charge is 0.254 e. The van der Waals surface area contributed by atoms with Crippen molar-refractivity contribution >= 4 is 6.09 Å². The summed E-state index contributed by atoms with van der Waals surface area (Å²) >= 11 is 0. The Morgan fingerprint density at radius 2 is 2.00 bits per heavy atom. The van der Waals surface area contributed by atoms with Gasteiger partial charge >= 0.3 is 12.1 Å². The second kappa shape index (κ2) is 2.34. The maximum atomic E-state index is 12.0. The van der Waals surface area contributed by atoms with Gasteiger partial charge in [0.1, 0.15) is 0 Å². The van der Waals surface area contributed by atoms with Gasteiger partial charge in [0.25, 0.3) is 0 Å². The van der Waals surface area contributed by atoms with Crippen molar-refractivity contribution in [3.8, 4) is 0 Å². The number of hydrogen-bond donors (Lipinski definition) is 1. The Labute approximate surface area is 63.1 Å². The molecule has 10 heteroatoms. The Morgan fingerprint density at radius 3 is 2.17 bits per heavy atom. The molecule has 0 saturated heterocycles. The fraction of sp³-hybridized carbons (Fsp3) is 0.500. The molecule has 0 fully saturated rings. The lowest BCUT2D eigenvalue weighted by Gasteiger charge is -2.02. The van der Waals surface area contributed by atoms with Crippen LogP contribution >= 0.6 is 0 Å². The van der Waals surface area contributed by atoms with E-state index in [4.69, 9.17) is 0 Å². The van der Waals surface area contributed by atoms with Gasteiger partial charge in [-0.2, -0.15) is 4.39 Å². The Kier molecular flexibility index (Phi) is 1.61. The Balaban J connectivity index is 3.06. The average Bonchev–Trinajstić information content (AvgIpc) is 2.32. The van der Waals surface area contributed by atoms with Crippen molar-refractivity contribution in [1.29, 1.82) is 0 Å². The van der Waals surface area contributed by atoms with E-state index in [2.05, 4.69) is 9.83 Å². The van der Waals surface area contributed by atoms with Gasteiger partial charge < -0.3 is 0 Å². The van der Waals surface area contributed by atoms with E-state index >= 15 is 0 Å². The maximum Gasteiger partial charge on any atom is 0.719 e. The van der Waals surface area contributed by atoms with E-state index in [0.717, 1.165) is 0 Å². The normalized spacial score (nSPS) is 19.6. The van der Waals surface area contributed by atoms with Crippen molar-refractivity contribution in [3.05, 3.63) is 20.2 Å². The monoisotopic (exact) mass is 180 g/mol. The van der Waals surface area contributed by atoms with Crippen LogP contribution in [0.25, 0.3) is 0 Å². The number of hydroxylamine groups is 1. The molecule has 1 aliphatic heterocycles. The summed E-state index contributed by atoms with van der Waals surface area (Å²) in [7, 11) is 0. The van der Waals surface area contributed by atoms with Crippen molar-refractivity contribution in [2.24, 2.45) is 4.99 Å². The van der Waals surface area contributed by atoms with Crippen LogP contribution in [0.3, 0.4) is 0 Å². The third kappa shape index (κ3) is 0.934. The number of aliphatic imine (C=N–C) groups is 1. The van der Waals surface area contributed by atoms with Crippen LogP contribution in [0, 0.1) is 20.2 Å². The van der Waals surface area contributed by atoms with Gasteiger partial charge in [-0.3, -0.25) is 20.2 Å². The molecule has 1 aliphatic rings. The van der Waals surface area contributed by atoms with E-state index in [-0.39, 0.29) is 0 Å². The van der Waals surface area contributed by atoms with Gasteiger partial charge in [0.2, 0.25) is 0 Å². The molecule has 9 nitrogen and oxygen atoms in total. The quantitative estimate of drug-likeness (QED) is 0.252. The molecule has 0 spiro atoms. The van der Waals surface area contributed by atoms with E-state index in [1.165, 1.54) is 5.48 Å². The predicted molar refractivity (Wildman–Crippen MR) is 29.5 cm³/mol. The molecule has 0 unspecified atom stereocenters. The van der Waals surface area contributed by atoms with E-state index in [9.17, 15) is 24.6 Å². The van der Waals surface area contributed by atoms with Crippen LogP contribution in [0.5, 0.6) is 0 Å². The average molecular weight is 180 g/mol. The van der Waals surface area contributed by atoms with Gasteiger partial charge in [0.15, 0.2) is 9.85 Å². The standard InChI is InChI=1S/C2HFN4O5/c3-1-4-2(6(8)9,7(10)11)12-5-1/h(H,4,5). The van der Waals surface area contributed by atoms with Crippen molar-refractivity contribution in [1.82, 2.24) is 5.48 Å². The highest BCUT2D eigenvalue weighted by molar-refractivity contribution is 5.72. The molecule has 0 amide bonds. The van der Waals surface area contributed by atoms with Gasteiger partial charge in [-0.25, -0.2) is 5.48 Å². The van der Waals surface area contributed by atoms with Crippen molar-refractivity contribution in [2.45, 2.75) is 5.97 Å². The minimum atomic E-state index is -3.29. The minimum absolute atomic E-state index is 1.27. The molecule has 66 valence electrons. The van der Waals surface area contributed by atoms with Crippen molar-refractivity contribution in [2.75, 3.05) is 0 Å². The second-order valence-corrected chi connectivity index (χ2v) is 1.69. The largest absolute Gasteiger partial charge is 0.719 e. The predicted octanol–water partition coefficient (Wildman–Crippen LogP) is -0.989. The Hall–Kier alpha value is -1.84. The lowest BCUT2D eigenvalue weighted by atomic mass is 10.8. The second-order valence-electron chi connectivity index (χ2n) is 1.69. The molecule has 0 atom stereocenters. The summed E-state index contributed by atoms with van der Waals surface area (Å²) in [6, 6.07) is 0. The molecule has 0 radical (unpaired) electrons. The van der Waals surface area contributed by atoms with E-state index in [0.29, 0.717) is 0 Å². The molecule has 12 heavy (non-hydrogen) atoms. The number of rotatable bonds is 2. The zero-order valence-electron chi connectivity index (χ0n) is 5.26. The van der Waals surface area contributed by atoms with Gasteiger partial charge in [-0.05, 0) is 0 Å². The molecule has 1 rings (SSSR count). The minimum Gasteiger partial charge on any atom is -0.254 e. The number of nitro groups is 2. The molecule has 0 aliphatic carbocycles. The highest BCUT2D eigenvalue weighted by atomic mass is 19.1. The van der Waals surface area contributed by atoms with Crippen LogP contribution in [0.4, 0.5) is 4.39 Å². The van der Waals surface area contributed by atoms with Crippen LogP contribution in [0.2, 0.25) is 0 Å². The topological polar surface area (TPSA) is 120 Å². The lowest BCUT2D eigenvalue weighted by molar-refractivity contribution is -0.848. The molecule has 0 aromatic heterocycles. The molecule has 1 N–H and O–H groups in total. The first-order chi connectivity index (χ1) is 5.49. The summed E-state index contributed by atoms with van der Waals surface area (Å²) in [5.74, 6) is -3.29. The van der Waals surface area contributed by atoms with Crippen LogP contribution in [0.15, 0.2) is 4.99 Å². The Bertz CT molecular complexity index is 261. The summed E-state index contributed by atoms with van der Waals surface area (Å²) in [6.45, 7) is 0. The number of hydrogen-bond acceptors (Lipinski definition) is 7. The molecule has 1 heterocycles. The zero-order chi connectivity index (χ0) is 9.35. The fourth-order valence-electron chi connectivity index (χ4n) is 0.507. The van der Waals surface area contributed by atoms with Crippen LogP contribution < -0.4 is 5.48 Å². The Morgan fingerprint density at radius 1 is 1.50 bits per heavy atom. The first-order valence-corrected chi connectivity index (χ1v) is 2.47. The third-order valence-electron chi connectivity index (χ3n) is 0.992. The number of halogens is 1. The summed E-state index contributed by atoms with van der Waals surface area (Å²) in [5.41, 5.74) is 1.27. The lowest BCUT2D eigenvalue weighted by Crippen LogP contribution is -2.46. The van der Waals surface area contributed by atoms with Gasteiger partial charge in [0.05, 0.1) is 0 Å². The van der Waals surface area contributed by atoms with Crippen LogP contribution in [0.1, 0.15) is 0 Å². The van der Waals surface area contributed by atoms with Crippen molar-refractivity contribution in [3.63, 3.8) is 0 Å². The maximum absolute atomic E-state index is 12.0. The molecule has 0 bridgehead atoms. The van der Waals surface area contributed by atoms with Gasteiger partial charge in [0, 0.05) is 0 Å². The molecular weight excluding hydrogens is 179 g/mol. The van der Waals surface area contributed by atoms with Crippen LogP contribution in [-0.4, -0.2) is 21.9 Å². The molecule has 0 aromatic carbocycles. The highest BCUT2D eigenvalue weighted by Gasteiger charge is 2.65. The first-order valence-electron chi connectivity index (χ1n) is 2.47. The SMILES string of the molecule is O=[N+]([O-])C1([N+](=O)[O-])N=C(F)NO1. The third-order valence-corrected chi connectivity index (χ3v) is 0.992. The summed E-state index contributed by atoms with van der Waals surface area (Å²) in [6.07, 6.45) is -1.51. The van der Waals surface area contributed by atoms with Crippen molar-refractivity contribution < 1.29 is 19.1 Å². The van der Waals surface area contributed by atoms with Crippen LogP contribution in [-0.2, 0) is 4.84 Å². The van der Waals surface area contributed by atoms with E-state index in [1.807, 2.05) is 0 Å². The summed E-state index contributed by atoms with van der Waals surface area (Å²) in [4.78, 5) is 23.3. The summed E-state index contributed by atoms with van der Waals surface area (Å²) < 4.78 is 12.0. The number of amidine groups is 1. The van der Waals surface area contributed by atoms with E-state index < -0.39 is 21.9 Å². The van der Waals surface area contributed by atoms with Gasteiger partial charge in [-0.1, -0.05) is 4.99 Å².